The largest absolute Gasteiger partial charge is 0.481 e. The first-order valence-electron chi connectivity index (χ1n) is 11.0. The molecule has 1 aromatic heterocycles. The van der Waals surface area contributed by atoms with Crippen molar-refractivity contribution in [1.29, 1.82) is 0 Å². The van der Waals surface area contributed by atoms with Crippen LogP contribution < -0.4 is 5.32 Å². The Kier molecular flexibility index (Phi) is 7.95. The van der Waals surface area contributed by atoms with Crippen molar-refractivity contribution >= 4 is 23.5 Å². The van der Waals surface area contributed by atoms with Gasteiger partial charge in [0.2, 0.25) is 5.89 Å². The predicted molar refractivity (Wildman–Crippen MR) is 124 cm³/mol. The van der Waals surface area contributed by atoms with Crippen molar-refractivity contribution in [1.82, 2.24) is 10.3 Å². The van der Waals surface area contributed by atoms with E-state index in [0.717, 1.165) is 16.7 Å². The van der Waals surface area contributed by atoms with E-state index >= 15 is 0 Å². The lowest BCUT2D eigenvalue weighted by Crippen LogP contribution is -2.26. The van der Waals surface area contributed by atoms with Gasteiger partial charge < -0.3 is 24.3 Å². The Labute approximate surface area is 201 Å². The van der Waals surface area contributed by atoms with Crippen LogP contribution in [0, 0.1) is 0 Å². The number of carbonyl (C=O) groups excluding carboxylic acids is 1. The van der Waals surface area contributed by atoms with Crippen LogP contribution in [-0.4, -0.2) is 41.4 Å². The van der Waals surface area contributed by atoms with Crippen LogP contribution in [0.2, 0.25) is 5.02 Å². The van der Waals surface area contributed by atoms with Gasteiger partial charge in [0.25, 0.3) is 5.91 Å². The number of benzene rings is 2. The smallest absolute Gasteiger partial charge is 0.303 e. The monoisotopic (exact) mass is 484 g/mol. The maximum Gasteiger partial charge on any atom is 0.303 e. The molecule has 2 N–H and O–H groups in total. The molecule has 0 aliphatic carbocycles. The number of aliphatic carboxylic acids is 1. The first-order valence-corrected chi connectivity index (χ1v) is 11.4. The molecule has 1 aliphatic heterocycles. The van der Waals surface area contributed by atoms with Gasteiger partial charge in [-0.1, -0.05) is 48.0 Å². The number of aryl methyl sites for hydroxylation is 1. The maximum atomic E-state index is 12.5. The van der Waals surface area contributed by atoms with E-state index < -0.39 is 12.1 Å². The van der Waals surface area contributed by atoms with E-state index in [9.17, 15) is 9.59 Å². The normalized spacial score (nSPS) is 17.6. The summed E-state index contributed by atoms with van der Waals surface area (Å²) in [5, 5.41) is 12.5. The first kappa shape index (κ1) is 23.9. The molecule has 2 atom stereocenters. The maximum absolute atomic E-state index is 12.5. The first-order chi connectivity index (χ1) is 16.5. The number of rotatable bonds is 10. The van der Waals surface area contributed by atoms with Crippen LogP contribution in [0.4, 0.5) is 0 Å². The van der Waals surface area contributed by atoms with Gasteiger partial charge in [-0.2, -0.15) is 0 Å². The third-order valence-corrected chi connectivity index (χ3v) is 5.88. The summed E-state index contributed by atoms with van der Waals surface area (Å²) in [5.41, 5.74) is 3.17. The lowest BCUT2D eigenvalue weighted by Gasteiger charge is -2.16. The number of aromatic nitrogens is 1. The highest BCUT2D eigenvalue weighted by molar-refractivity contribution is 6.30. The molecule has 0 unspecified atom stereocenters. The summed E-state index contributed by atoms with van der Waals surface area (Å²) in [7, 11) is 0. The molecule has 9 heteroatoms. The topological polar surface area (TPSA) is 111 Å². The van der Waals surface area contributed by atoms with Gasteiger partial charge in [0.15, 0.2) is 11.8 Å². The van der Waals surface area contributed by atoms with Crippen LogP contribution in [0.5, 0.6) is 0 Å². The summed E-state index contributed by atoms with van der Waals surface area (Å²) < 4.78 is 17.0. The van der Waals surface area contributed by atoms with Crippen molar-refractivity contribution in [2.24, 2.45) is 0 Å². The number of amides is 1. The molecular formula is C25H25ClN2O6. The van der Waals surface area contributed by atoms with Gasteiger partial charge in [-0.3, -0.25) is 9.59 Å². The number of carbonyl (C=O) groups is 2. The number of hydrogen-bond donors (Lipinski definition) is 2. The quantitative estimate of drug-likeness (QED) is 0.447. The number of carboxylic acid groups (broad SMARTS) is 1. The number of ether oxygens (including phenoxy) is 2. The number of oxazole rings is 1. The fraction of sp³-hybridized carbons (Fsp3) is 0.320. The zero-order valence-corrected chi connectivity index (χ0v) is 19.2. The Morgan fingerprint density at radius 1 is 1.06 bits per heavy atom. The molecule has 1 amide bonds. The van der Waals surface area contributed by atoms with Crippen molar-refractivity contribution in [3.05, 3.63) is 88.1 Å². The Morgan fingerprint density at radius 3 is 2.59 bits per heavy atom. The van der Waals surface area contributed by atoms with E-state index in [2.05, 4.69) is 10.3 Å². The zero-order valence-electron chi connectivity index (χ0n) is 18.4. The van der Waals surface area contributed by atoms with E-state index in [1.165, 1.54) is 6.26 Å². The highest BCUT2D eigenvalue weighted by atomic mass is 35.5. The molecule has 1 saturated heterocycles. The van der Waals surface area contributed by atoms with Gasteiger partial charge in [-0.25, -0.2) is 4.98 Å². The van der Waals surface area contributed by atoms with E-state index in [1.807, 2.05) is 48.5 Å². The summed E-state index contributed by atoms with van der Waals surface area (Å²) in [6.07, 6.45) is 2.03. The molecule has 0 bridgehead atoms. The van der Waals surface area contributed by atoms with Crippen LogP contribution in [-0.2, 0) is 33.5 Å². The summed E-state index contributed by atoms with van der Waals surface area (Å²) in [6.45, 7) is 0.527. The molecule has 34 heavy (non-hydrogen) atoms. The average molecular weight is 485 g/mol. The summed E-state index contributed by atoms with van der Waals surface area (Å²) in [6, 6.07) is 15.1. The third kappa shape index (κ3) is 6.22. The summed E-state index contributed by atoms with van der Waals surface area (Å²) in [4.78, 5) is 27.8. The predicted octanol–water partition coefficient (Wildman–Crippen LogP) is 3.97. The minimum atomic E-state index is -0.841. The van der Waals surface area contributed by atoms with E-state index in [0.29, 0.717) is 30.8 Å². The Bertz CT molecular complexity index is 1130. The zero-order chi connectivity index (χ0) is 23.9. The van der Waals surface area contributed by atoms with Gasteiger partial charge in [0, 0.05) is 24.4 Å². The van der Waals surface area contributed by atoms with Crippen molar-refractivity contribution in [3.8, 4) is 0 Å². The number of nitrogens with zero attached hydrogens (tertiary/aromatic N) is 1. The molecular weight excluding hydrogens is 460 g/mol. The molecule has 3 aromatic rings. The molecule has 4 rings (SSSR count). The average Bonchev–Trinajstić information content (AvgIpc) is 3.49. The van der Waals surface area contributed by atoms with E-state index in [-0.39, 0.29) is 36.8 Å². The van der Waals surface area contributed by atoms with Crippen molar-refractivity contribution in [3.63, 3.8) is 0 Å². The number of nitrogens with one attached hydrogen (secondary N) is 1. The molecule has 1 fully saturated rings. The van der Waals surface area contributed by atoms with Gasteiger partial charge in [0.05, 0.1) is 6.10 Å². The summed E-state index contributed by atoms with van der Waals surface area (Å²) in [5.74, 6) is -0.904. The molecule has 0 spiro atoms. The van der Waals surface area contributed by atoms with Gasteiger partial charge in [-0.15, -0.1) is 0 Å². The second-order valence-electron chi connectivity index (χ2n) is 7.98. The number of hydrogen-bond acceptors (Lipinski definition) is 6. The molecule has 1 aliphatic rings. The van der Waals surface area contributed by atoms with Gasteiger partial charge in [-0.05, 0) is 41.7 Å². The molecule has 2 aromatic carbocycles. The number of halogens is 1. The lowest BCUT2D eigenvalue weighted by atomic mass is 9.96. The number of carboxylic acids is 1. The van der Waals surface area contributed by atoms with E-state index in [1.54, 1.807) is 0 Å². The minimum absolute atomic E-state index is 0.0543. The lowest BCUT2D eigenvalue weighted by molar-refractivity contribution is -0.136. The van der Waals surface area contributed by atoms with Crippen molar-refractivity contribution in [2.45, 2.75) is 37.9 Å². The highest BCUT2D eigenvalue weighted by Crippen LogP contribution is 2.31. The minimum Gasteiger partial charge on any atom is -0.481 e. The van der Waals surface area contributed by atoms with Crippen LogP contribution in [0.25, 0.3) is 0 Å². The Morgan fingerprint density at radius 2 is 1.82 bits per heavy atom. The molecule has 0 saturated carbocycles. The SMILES string of the molecule is O=C(O)CCc1ccccc1C[C@@H]1OCO[C@@H]1c1nc(C(=O)NCCc2ccc(Cl)cc2)co1. The van der Waals surface area contributed by atoms with Crippen LogP contribution >= 0.6 is 11.6 Å². The molecule has 2 heterocycles. The summed E-state index contributed by atoms with van der Waals surface area (Å²) >= 11 is 5.89. The Balaban J connectivity index is 1.35. The third-order valence-electron chi connectivity index (χ3n) is 5.63. The Hall–Kier alpha value is -3.20. The molecule has 0 radical (unpaired) electrons. The highest BCUT2D eigenvalue weighted by Gasteiger charge is 2.35. The standard InChI is InChI=1S/C25H25ClN2O6/c26-19-8-5-16(6-9-19)11-12-27-24(31)20-14-32-25(28-20)23-21(33-15-34-23)13-18-4-2-1-3-17(18)7-10-22(29)30/h1-6,8-9,14,21,23H,7,10-13,15H2,(H,27,31)(H,29,30)/t21-,23-/m0/s1. The van der Waals surface area contributed by atoms with Crippen molar-refractivity contribution in [2.75, 3.05) is 13.3 Å². The molecule has 178 valence electrons. The fourth-order valence-electron chi connectivity index (χ4n) is 3.83. The van der Waals surface area contributed by atoms with Crippen LogP contribution in [0.15, 0.2) is 59.2 Å². The van der Waals surface area contributed by atoms with Crippen LogP contribution in [0.3, 0.4) is 0 Å². The van der Waals surface area contributed by atoms with E-state index in [4.69, 9.17) is 30.6 Å². The fourth-order valence-corrected chi connectivity index (χ4v) is 3.96. The second kappa shape index (κ2) is 11.3. The van der Waals surface area contributed by atoms with Crippen LogP contribution in [0.1, 0.15) is 45.6 Å². The van der Waals surface area contributed by atoms with Gasteiger partial charge >= 0.3 is 5.97 Å². The molecule has 8 nitrogen and oxygen atoms in total. The van der Waals surface area contributed by atoms with Gasteiger partial charge in [0.1, 0.15) is 13.1 Å². The second-order valence-corrected chi connectivity index (χ2v) is 8.42. The van der Waals surface area contributed by atoms with Crippen molar-refractivity contribution < 1.29 is 28.6 Å².